The van der Waals surface area contributed by atoms with Crippen molar-refractivity contribution in [3.63, 3.8) is 0 Å². The standard InChI is InChI=1S/C19H30O8S2/c1-17-3-5-18(6-4-17)19(20)27-14-13-25-10-9-23-7-8-24-11-12-26-15-16-28-29(2,21)22/h3-6H,7-16H2,1-2H3. The average molecular weight is 451 g/mol. The van der Waals surface area contributed by atoms with E-state index in [1.165, 1.54) is 6.26 Å². The van der Waals surface area contributed by atoms with Gasteiger partial charge in [-0.05, 0) is 29.9 Å². The van der Waals surface area contributed by atoms with Crippen molar-refractivity contribution in [3.8, 4) is 0 Å². The van der Waals surface area contributed by atoms with Crippen molar-refractivity contribution in [3.05, 3.63) is 35.4 Å². The number of ether oxygens (including phenoxy) is 5. The van der Waals surface area contributed by atoms with Gasteiger partial charge in [-0.3, -0.25) is 0 Å². The van der Waals surface area contributed by atoms with E-state index in [1.807, 2.05) is 19.1 Å². The molecule has 0 aliphatic carbocycles. The third kappa shape index (κ3) is 15.3. The van der Waals surface area contributed by atoms with Gasteiger partial charge in [0.1, 0.15) is 6.61 Å². The van der Waals surface area contributed by atoms with E-state index in [4.69, 9.17) is 23.7 Å². The van der Waals surface area contributed by atoms with Crippen molar-refractivity contribution >= 4 is 25.6 Å². The van der Waals surface area contributed by atoms with Crippen LogP contribution in [0.2, 0.25) is 0 Å². The average Bonchev–Trinajstić information content (AvgIpc) is 2.67. The Labute approximate surface area is 176 Å². The quantitative estimate of drug-likeness (QED) is 0.200. The predicted octanol–water partition coefficient (Wildman–Crippen LogP) is 1.91. The molecule has 10 heteroatoms. The SMILES string of the molecule is Cc1ccc(C(=O)OCCOCCOCCOCCOCCSS(C)(=O)=O)cc1. The first-order valence-corrected chi connectivity index (χ1v) is 12.7. The zero-order valence-electron chi connectivity index (χ0n) is 17.0. The summed E-state index contributed by atoms with van der Waals surface area (Å²) in [7, 11) is -2.13. The van der Waals surface area contributed by atoms with Crippen LogP contribution in [0, 0.1) is 6.92 Å². The second-order valence-corrected chi connectivity index (χ2v) is 10.6. The molecule has 8 nitrogen and oxygen atoms in total. The summed E-state index contributed by atoms with van der Waals surface area (Å²) in [6.07, 6.45) is 1.17. The number of hydrogen-bond donors (Lipinski definition) is 0. The second-order valence-electron chi connectivity index (χ2n) is 5.98. The van der Waals surface area contributed by atoms with E-state index in [1.54, 1.807) is 12.1 Å². The monoisotopic (exact) mass is 450 g/mol. The molecule has 0 radical (unpaired) electrons. The summed E-state index contributed by atoms with van der Waals surface area (Å²) in [6, 6.07) is 7.20. The van der Waals surface area contributed by atoms with E-state index in [0.717, 1.165) is 16.4 Å². The molecule has 0 bridgehead atoms. The van der Waals surface area contributed by atoms with Crippen molar-refractivity contribution in [2.75, 3.05) is 71.5 Å². The van der Waals surface area contributed by atoms with Gasteiger partial charge in [-0.15, -0.1) is 0 Å². The van der Waals surface area contributed by atoms with Gasteiger partial charge in [0.25, 0.3) is 0 Å². The van der Waals surface area contributed by atoms with Crippen LogP contribution in [0.4, 0.5) is 0 Å². The fourth-order valence-electron chi connectivity index (χ4n) is 1.97. The lowest BCUT2D eigenvalue weighted by Gasteiger charge is -2.08. The van der Waals surface area contributed by atoms with Crippen molar-refractivity contribution in [2.45, 2.75) is 6.92 Å². The summed E-state index contributed by atoms with van der Waals surface area (Å²) < 4.78 is 48.2. The fraction of sp³-hybridized carbons (Fsp3) is 0.632. The molecule has 0 saturated heterocycles. The molecule has 0 saturated carbocycles. The van der Waals surface area contributed by atoms with Crippen LogP contribution >= 0.6 is 10.8 Å². The molecule has 1 aromatic carbocycles. The molecule has 0 amide bonds. The first kappa shape index (κ1) is 25.9. The van der Waals surface area contributed by atoms with E-state index in [-0.39, 0.29) is 12.6 Å². The molecule has 0 N–H and O–H groups in total. The summed E-state index contributed by atoms with van der Waals surface area (Å²) in [4.78, 5) is 11.8. The minimum atomic E-state index is -3.00. The van der Waals surface area contributed by atoms with Crippen molar-refractivity contribution in [1.82, 2.24) is 0 Å². The normalized spacial score (nSPS) is 11.5. The highest BCUT2D eigenvalue weighted by atomic mass is 33.1. The van der Waals surface area contributed by atoms with Gasteiger partial charge in [0.15, 0.2) is 8.87 Å². The molecule has 1 aromatic rings. The largest absolute Gasteiger partial charge is 0.460 e. The van der Waals surface area contributed by atoms with Crippen LogP contribution in [0.1, 0.15) is 15.9 Å². The van der Waals surface area contributed by atoms with Gasteiger partial charge in [-0.25, -0.2) is 13.2 Å². The maximum Gasteiger partial charge on any atom is 0.338 e. The predicted molar refractivity (Wildman–Crippen MR) is 112 cm³/mol. The minimum Gasteiger partial charge on any atom is -0.460 e. The van der Waals surface area contributed by atoms with Crippen LogP contribution in [0.3, 0.4) is 0 Å². The van der Waals surface area contributed by atoms with Gasteiger partial charge < -0.3 is 23.7 Å². The van der Waals surface area contributed by atoms with E-state index in [2.05, 4.69) is 0 Å². The molecule has 0 heterocycles. The van der Waals surface area contributed by atoms with Crippen LogP contribution in [-0.2, 0) is 32.6 Å². The Balaban J connectivity index is 1.81. The van der Waals surface area contributed by atoms with Gasteiger partial charge in [0.2, 0.25) is 0 Å². The maximum atomic E-state index is 11.8. The van der Waals surface area contributed by atoms with Crippen molar-refractivity contribution < 1.29 is 36.9 Å². The van der Waals surface area contributed by atoms with Crippen molar-refractivity contribution in [2.24, 2.45) is 0 Å². The molecule has 0 aliphatic rings. The Morgan fingerprint density at radius 3 is 1.72 bits per heavy atom. The van der Waals surface area contributed by atoms with Gasteiger partial charge in [0.05, 0.1) is 58.4 Å². The van der Waals surface area contributed by atoms with Gasteiger partial charge in [-0.1, -0.05) is 17.7 Å². The molecule has 1 rings (SSSR count). The van der Waals surface area contributed by atoms with Gasteiger partial charge >= 0.3 is 5.97 Å². The smallest absolute Gasteiger partial charge is 0.338 e. The number of carbonyl (C=O) groups excluding carboxylic acids is 1. The van der Waals surface area contributed by atoms with Crippen LogP contribution in [0.15, 0.2) is 24.3 Å². The number of carbonyl (C=O) groups is 1. The highest BCUT2D eigenvalue weighted by molar-refractivity contribution is 8.71. The van der Waals surface area contributed by atoms with Crippen molar-refractivity contribution in [1.29, 1.82) is 0 Å². The lowest BCUT2D eigenvalue weighted by molar-refractivity contribution is -0.00790. The lowest BCUT2D eigenvalue weighted by Crippen LogP contribution is -2.14. The zero-order valence-corrected chi connectivity index (χ0v) is 18.6. The summed E-state index contributed by atoms with van der Waals surface area (Å²) in [5.74, 6) is 0.0488. The van der Waals surface area contributed by atoms with E-state index < -0.39 is 8.87 Å². The molecular formula is C19H30O8S2. The molecule has 0 unspecified atom stereocenters. The first-order valence-electron chi connectivity index (χ1n) is 9.27. The van der Waals surface area contributed by atoms with E-state index in [9.17, 15) is 13.2 Å². The molecule has 0 spiro atoms. The Morgan fingerprint density at radius 1 is 0.793 bits per heavy atom. The number of benzene rings is 1. The summed E-state index contributed by atoms with van der Waals surface area (Å²) in [5, 5.41) is 0. The molecule has 0 aromatic heterocycles. The Morgan fingerprint density at radius 2 is 1.24 bits per heavy atom. The lowest BCUT2D eigenvalue weighted by atomic mass is 10.1. The maximum absolute atomic E-state index is 11.8. The second kappa shape index (κ2) is 15.6. The number of esters is 1. The minimum absolute atomic E-state index is 0.193. The van der Waals surface area contributed by atoms with Crippen LogP contribution in [-0.4, -0.2) is 85.9 Å². The Bertz CT molecular complexity index is 661. The van der Waals surface area contributed by atoms with Crippen LogP contribution in [0.5, 0.6) is 0 Å². The van der Waals surface area contributed by atoms with Gasteiger partial charge in [0, 0.05) is 12.0 Å². The summed E-state index contributed by atoms with van der Waals surface area (Å²) >= 11 is 0. The third-order valence-electron chi connectivity index (χ3n) is 3.39. The Hall–Kier alpha value is -1.17. The molecule has 0 atom stereocenters. The molecule has 29 heavy (non-hydrogen) atoms. The Kier molecular flexibility index (Phi) is 14.0. The number of hydrogen-bond acceptors (Lipinski definition) is 9. The van der Waals surface area contributed by atoms with E-state index in [0.29, 0.717) is 64.2 Å². The van der Waals surface area contributed by atoms with E-state index >= 15 is 0 Å². The summed E-state index contributed by atoms with van der Waals surface area (Å²) in [6.45, 7) is 5.38. The molecular weight excluding hydrogens is 420 g/mol. The fourth-order valence-corrected chi connectivity index (χ4v) is 3.57. The van der Waals surface area contributed by atoms with Crippen LogP contribution < -0.4 is 0 Å². The topological polar surface area (TPSA) is 97.4 Å². The molecule has 166 valence electrons. The summed E-state index contributed by atoms with van der Waals surface area (Å²) in [5.41, 5.74) is 1.61. The molecule has 0 fully saturated rings. The van der Waals surface area contributed by atoms with Crippen LogP contribution in [0.25, 0.3) is 0 Å². The highest BCUT2D eigenvalue weighted by Gasteiger charge is 2.06. The van der Waals surface area contributed by atoms with Gasteiger partial charge in [-0.2, -0.15) is 0 Å². The first-order chi connectivity index (χ1) is 13.9. The number of rotatable bonds is 17. The zero-order chi connectivity index (χ0) is 21.4. The molecule has 0 aliphatic heterocycles. The third-order valence-corrected chi connectivity index (χ3v) is 5.94. The highest BCUT2D eigenvalue weighted by Crippen LogP contribution is 2.08. The number of aryl methyl sites for hydroxylation is 1.